The molecule has 1 saturated carbocycles. The Kier molecular flexibility index (Phi) is 15.3. The molecule has 3 aliphatic heterocycles. The summed E-state index contributed by atoms with van der Waals surface area (Å²) in [6, 6.07) is 10.5. The minimum atomic E-state index is -0.595. The number of halogens is 1. The van der Waals surface area contributed by atoms with E-state index >= 15 is 0 Å². The number of Topliss-reactive ketones (excluding diaryl/α,β-unsaturated/α-hetero) is 1. The Labute approximate surface area is 340 Å². The number of rotatable bonds is 7. The molecular weight excluding hydrogens is 810 g/mol. The minimum absolute atomic E-state index is 0.0361. The number of ketones is 1. The summed E-state index contributed by atoms with van der Waals surface area (Å²) in [6.45, 7) is 11.6. The first kappa shape index (κ1) is 44.8. The first-order chi connectivity index (χ1) is 26.8. The lowest BCUT2D eigenvalue weighted by Gasteiger charge is -2.29. The molecule has 17 nitrogen and oxygen atoms in total. The summed E-state index contributed by atoms with van der Waals surface area (Å²) in [5, 5.41) is 8.02. The molecule has 0 aromatic heterocycles. The van der Waals surface area contributed by atoms with Crippen molar-refractivity contribution >= 4 is 63.0 Å². The molecule has 0 radical (unpaired) electrons. The highest BCUT2D eigenvalue weighted by atomic mass is 79.9. The summed E-state index contributed by atoms with van der Waals surface area (Å²) < 4.78 is 32.1. The summed E-state index contributed by atoms with van der Waals surface area (Å²) >= 11 is 3.35. The molecule has 2 aromatic carbocycles. The van der Waals surface area contributed by atoms with E-state index in [9.17, 15) is 28.8 Å². The predicted octanol–water partition coefficient (Wildman–Crippen LogP) is 4.53. The molecule has 2 fully saturated rings. The maximum Gasteiger partial charge on any atom is 0.407 e. The Morgan fingerprint density at radius 2 is 1.28 bits per heavy atom. The number of ether oxygens (including phenoxy) is 6. The van der Waals surface area contributed by atoms with Crippen LogP contribution in [0.15, 0.2) is 40.9 Å². The van der Waals surface area contributed by atoms with E-state index in [-0.39, 0.29) is 74.6 Å². The Bertz CT molecular complexity index is 1810. The van der Waals surface area contributed by atoms with Crippen LogP contribution in [0.25, 0.3) is 0 Å². The number of benzene rings is 2. The number of amides is 5. The molecule has 57 heavy (non-hydrogen) atoms. The van der Waals surface area contributed by atoms with Gasteiger partial charge >= 0.3 is 12.2 Å². The van der Waals surface area contributed by atoms with Crippen LogP contribution < -0.4 is 35.2 Å². The summed E-state index contributed by atoms with van der Waals surface area (Å²) in [6.07, 6.45) is 0.0635. The van der Waals surface area contributed by atoms with Gasteiger partial charge in [-0.2, -0.15) is 0 Å². The number of methoxy groups -OCH3 is 2. The molecule has 18 heteroatoms. The van der Waals surface area contributed by atoms with Gasteiger partial charge in [0, 0.05) is 50.0 Å². The fraction of sp³-hybridized carbons (Fsp3) is 0.538. The van der Waals surface area contributed by atoms with E-state index in [4.69, 9.17) is 28.4 Å². The molecule has 3 N–H and O–H groups in total. The third kappa shape index (κ3) is 13.3. The zero-order valence-electron chi connectivity index (χ0n) is 33.5. The maximum absolute atomic E-state index is 12.6. The minimum Gasteiger partial charge on any atom is -0.482 e. The maximum atomic E-state index is 12.6. The van der Waals surface area contributed by atoms with Crippen LogP contribution in [0.3, 0.4) is 0 Å². The van der Waals surface area contributed by atoms with Crippen LogP contribution in [0.2, 0.25) is 0 Å². The number of fused-ring (bicyclic) bond motifs is 2. The van der Waals surface area contributed by atoms with Crippen molar-refractivity contribution < 1.29 is 57.2 Å². The topological polar surface area (TPSA) is 200 Å². The van der Waals surface area contributed by atoms with Crippen LogP contribution in [0, 0.1) is 0 Å². The third-order valence-electron chi connectivity index (χ3n) is 8.48. The van der Waals surface area contributed by atoms with Gasteiger partial charge in [-0.05, 0) is 83.9 Å². The number of alkyl carbamates (subject to hydrolysis) is 2. The molecular formula is C39H52BrN5O12. The van der Waals surface area contributed by atoms with Crippen molar-refractivity contribution in [2.24, 2.45) is 0 Å². The average Bonchev–Trinajstić information content (AvgIpc) is 3.69. The molecule has 1 saturated heterocycles. The molecule has 5 amide bonds. The third-order valence-corrected chi connectivity index (χ3v) is 8.98. The SMILES string of the molecule is CC(C)(C)OC(=O)N[C@@H]1CNC(=O)C1.COCN1C(=O)COc2ccc(Br)cc21.COCN1C(=O)COc2ccc(C3C[C@@H](NC(=O)OC(C)(C)C)CC3=O)cc21. The molecule has 4 aliphatic rings. The highest BCUT2D eigenvalue weighted by molar-refractivity contribution is 9.10. The van der Waals surface area contributed by atoms with Crippen LogP contribution >= 0.6 is 15.9 Å². The predicted molar refractivity (Wildman–Crippen MR) is 211 cm³/mol. The van der Waals surface area contributed by atoms with Gasteiger partial charge in [-0.25, -0.2) is 9.59 Å². The van der Waals surface area contributed by atoms with Crippen LogP contribution in [0.5, 0.6) is 11.5 Å². The van der Waals surface area contributed by atoms with E-state index in [2.05, 4.69) is 31.9 Å². The molecule has 312 valence electrons. The smallest absolute Gasteiger partial charge is 0.407 e. The fourth-order valence-corrected chi connectivity index (χ4v) is 6.47. The Hall–Kier alpha value is -4.94. The van der Waals surface area contributed by atoms with E-state index in [0.29, 0.717) is 36.6 Å². The first-order valence-electron chi connectivity index (χ1n) is 18.3. The van der Waals surface area contributed by atoms with Crippen molar-refractivity contribution in [3.8, 4) is 11.5 Å². The van der Waals surface area contributed by atoms with Crippen molar-refractivity contribution in [2.75, 3.05) is 57.2 Å². The standard InChI is InChI=1S/C20H26N2O6.C10H10BrNO3.C9H16N2O3/c1-20(2,3)28-19(25)21-13-8-14(16(23)9-13)12-5-6-17-15(7-12)22(11-26-4)18(24)10-27-17;1-14-6-12-8-4-7(11)2-3-9(8)15-5-10(12)13;1-9(2,3)14-8(13)11-6-4-7(12)10-5-6/h5-7,13-14H,8-11H2,1-4H3,(H,21,25);2-4H,5-6H2,1H3;6H,4-5H2,1-3H3,(H,10,12)(H,11,13)/t13-,14?;;6-/m1.0/s1. The van der Waals surface area contributed by atoms with Crippen LogP contribution in [0.4, 0.5) is 21.0 Å². The van der Waals surface area contributed by atoms with Crippen molar-refractivity contribution in [2.45, 2.75) is 90.0 Å². The Morgan fingerprint density at radius 1 is 0.772 bits per heavy atom. The largest absolute Gasteiger partial charge is 0.482 e. The quantitative estimate of drug-likeness (QED) is 0.352. The van der Waals surface area contributed by atoms with Crippen LogP contribution in [-0.4, -0.2) is 106 Å². The van der Waals surface area contributed by atoms with Crippen LogP contribution in [0.1, 0.15) is 72.3 Å². The zero-order valence-corrected chi connectivity index (χ0v) is 35.1. The fourth-order valence-electron chi connectivity index (χ4n) is 6.12. The van der Waals surface area contributed by atoms with Crippen molar-refractivity contribution in [3.63, 3.8) is 0 Å². The van der Waals surface area contributed by atoms with Gasteiger partial charge in [-0.15, -0.1) is 0 Å². The number of hydrogen-bond acceptors (Lipinski definition) is 12. The summed E-state index contributed by atoms with van der Waals surface area (Å²) in [5.41, 5.74) is 1.02. The molecule has 1 unspecified atom stereocenters. The van der Waals surface area contributed by atoms with Crippen molar-refractivity contribution in [1.29, 1.82) is 0 Å². The van der Waals surface area contributed by atoms with Crippen LogP contribution in [-0.2, 0) is 38.1 Å². The van der Waals surface area contributed by atoms with E-state index < -0.39 is 23.4 Å². The van der Waals surface area contributed by atoms with E-state index in [0.717, 1.165) is 15.7 Å². The number of hydrogen-bond donors (Lipinski definition) is 3. The zero-order chi connectivity index (χ0) is 42.1. The van der Waals surface area contributed by atoms with E-state index in [1.807, 2.05) is 24.3 Å². The molecule has 2 aromatic rings. The number of nitrogens with zero attached hydrogens (tertiary/aromatic N) is 2. The van der Waals surface area contributed by atoms with Crippen molar-refractivity contribution in [1.82, 2.24) is 16.0 Å². The summed E-state index contributed by atoms with van der Waals surface area (Å²) in [7, 11) is 3.07. The molecule has 3 heterocycles. The highest BCUT2D eigenvalue weighted by Crippen LogP contribution is 2.39. The Morgan fingerprint density at radius 3 is 1.77 bits per heavy atom. The van der Waals surface area contributed by atoms with Gasteiger partial charge in [0.2, 0.25) is 5.91 Å². The number of anilines is 2. The molecule has 0 spiro atoms. The normalized spacial score (nSPS) is 20.0. The second-order valence-corrected chi connectivity index (χ2v) is 16.5. The second-order valence-electron chi connectivity index (χ2n) is 15.5. The molecule has 3 atom stereocenters. The monoisotopic (exact) mass is 861 g/mol. The number of carbonyl (C=O) groups excluding carboxylic acids is 6. The van der Waals surface area contributed by atoms with Gasteiger partial charge in [0.15, 0.2) is 13.2 Å². The molecule has 6 rings (SSSR count). The van der Waals surface area contributed by atoms with Gasteiger partial charge in [-0.3, -0.25) is 29.0 Å². The number of nitrogens with one attached hydrogen (secondary N) is 3. The Balaban J connectivity index is 0.000000209. The first-order valence-corrected chi connectivity index (χ1v) is 19.1. The lowest BCUT2D eigenvalue weighted by atomic mass is 9.95. The van der Waals surface area contributed by atoms with Gasteiger partial charge in [0.25, 0.3) is 11.8 Å². The van der Waals surface area contributed by atoms with Gasteiger partial charge in [0.1, 0.15) is 41.9 Å². The summed E-state index contributed by atoms with van der Waals surface area (Å²) in [4.78, 5) is 73.4. The second kappa shape index (κ2) is 19.5. The lowest BCUT2D eigenvalue weighted by molar-refractivity contribution is -0.123. The van der Waals surface area contributed by atoms with Crippen molar-refractivity contribution in [3.05, 3.63) is 46.4 Å². The lowest BCUT2D eigenvalue weighted by Crippen LogP contribution is -2.40. The van der Waals surface area contributed by atoms with E-state index in [1.165, 1.54) is 12.0 Å². The highest BCUT2D eigenvalue weighted by Gasteiger charge is 2.37. The van der Waals surface area contributed by atoms with E-state index in [1.54, 1.807) is 65.7 Å². The average molecular weight is 863 g/mol. The molecule has 0 bridgehead atoms. The van der Waals surface area contributed by atoms with Gasteiger partial charge in [-0.1, -0.05) is 22.0 Å². The van der Waals surface area contributed by atoms with Gasteiger partial charge < -0.3 is 44.4 Å². The number of carbonyl (C=O) groups is 6. The van der Waals surface area contributed by atoms with Gasteiger partial charge in [0.05, 0.1) is 17.4 Å². The summed E-state index contributed by atoms with van der Waals surface area (Å²) in [5.74, 6) is 0.639. The molecule has 1 aliphatic carbocycles.